The first-order valence-corrected chi connectivity index (χ1v) is 7.17. The predicted molar refractivity (Wildman–Crippen MR) is 82.1 cm³/mol. The van der Waals surface area contributed by atoms with Crippen molar-refractivity contribution >= 4 is 33.9 Å². The van der Waals surface area contributed by atoms with E-state index in [0.717, 1.165) is 9.75 Å². The monoisotopic (exact) mass is 306 g/mol. The number of benzene rings is 1. The molecule has 0 amide bonds. The fourth-order valence-corrected chi connectivity index (χ4v) is 3.07. The number of rotatable bonds is 2. The summed E-state index contributed by atoms with van der Waals surface area (Å²) in [6.07, 6.45) is 0. The lowest BCUT2D eigenvalue weighted by molar-refractivity contribution is 0.399. The molecule has 3 rings (SSSR count). The maximum absolute atomic E-state index is 12.5. The van der Waals surface area contributed by atoms with Gasteiger partial charge >= 0.3 is 0 Å². The van der Waals surface area contributed by atoms with Crippen LogP contribution in [0.25, 0.3) is 21.6 Å². The lowest BCUT2D eigenvalue weighted by Gasteiger charge is -2.07. The third-order valence-electron chi connectivity index (χ3n) is 2.98. The Labute approximate surface area is 124 Å². The molecule has 0 spiro atoms. The van der Waals surface area contributed by atoms with Crippen molar-refractivity contribution in [2.75, 3.05) is 7.11 Å². The molecule has 0 aliphatic heterocycles. The topological polar surface area (TPSA) is 39.4 Å². The van der Waals surface area contributed by atoms with E-state index in [1.807, 2.05) is 19.1 Å². The van der Waals surface area contributed by atoms with Crippen molar-refractivity contribution in [3.05, 3.63) is 50.5 Å². The van der Waals surface area contributed by atoms with E-state index in [-0.39, 0.29) is 11.2 Å². The normalized spacial score (nSPS) is 10.9. The van der Waals surface area contributed by atoms with Crippen LogP contribution < -0.4 is 10.2 Å². The molecule has 3 nitrogen and oxygen atoms in total. The van der Waals surface area contributed by atoms with Crippen LogP contribution in [0.4, 0.5) is 0 Å². The van der Waals surface area contributed by atoms with Crippen LogP contribution in [-0.2, 0) is 0 Å². The molecule has 0 radical (unpaired) electrons. The molecule has 102 valence electrons. The Morgan fingerprint density at radius 2 is 2.05 bits per heavy atom. The van der Waals surface area contributed by atoms with Crippen molar-refractivity contribution in [1.29, 1.82) is 0 Å². The lowest BCUT2D eigenvalue weighted by atomic mass is 10.2. The zero-order valence-corrected chi connectivity index (χ0v) is 12.5. The summed E-state index contributed by atoms with van der Waals surface area (Å²) < 4.78 is 11.1. The molecule has 1 aromatic carbocycles. The Kier molecular flexibility index (Phi) is 3.28. The summed E-state index contributed by atoms with van der Waals surface area (Å²) in [6, 6.07) is 8.88. The molecule has 2 heterocycles. The van der Waals surface area contributed by atoms with E-state index in [9.17, 15) is 4.79 Å². The smallest absolute Gasteiger partial charge is 0.235 e. The van der Waals surface area contributed by atoms with Gasteiger partial charge in [0, 0.05) is 9.90 Å². The molecule has 0 aliphatic rings. The quantitative estimate of drug-likeness (QED) is 0.700. The number of methoxy groups -OCH3 is 1. The number of thiophene rings is 1. The van der Waals surface area contributed by atoms with E-state index in [4.69, 9.17) is 20.8 Å². The van der Waals surface area contributed by atoms with Gasteiger partial charge in [-0.2, -0.15) is 0 Å². The molecule has 3 aromatic rings. The van der Waals surface area contributed by atoms with Crippen LogP contribution in [-0.4, -0.2) is 7.11 Å². The van der Waals surface area contributed by atoms with Crippen molar-refractivity contribution in [3.63, 3.8) is 0 Å². The Morgan fingerprint density at radius 3 is 2.70 bits per heavy atom. The Morgan fingerprint density at radius 1 is 1.25 bits per heavy atom. The molecule has 0 saturated heterocycles. The number of halogens is 1. The van der Waals surface area contributed by atoms with Crippen LogP contribution in [0.5, 0.6) is 5.75 Å². The molecule has 2 aromatic heterocycles. The van der Waals surface area contributed by atoms with Crippen molar-refractivity contribution in [1.82, 2.24) is 0 Å². The van der Waals surface area contributed by atoms with Crippen LogP contribution in [0.2, 0.25) is 5.02 Å². The van der Waals surface area contributed by atoms with Crippen LogP contribution in [0.15, 0.2) is 39.5 Å². The van der Waals surface area contributed by atoms with Crippen LogP contribution in [0.1, 0.15) is 4.88 Å². The van der Waals surface area contributed by atoms with Gasteiger partial charge in [-0.1, -0.05) is 11.6 Å². The molecular weight excluding hydrogens is 296 g/mol. The second-order valence-electron chi connectivity index (χ2n) is 4.34. The van der Waals surface area contributed by atoms with E-state index in [1.54, 1.807) is 29.5 Å². The standard InChI is InChI=1S/C15H11ClO3S/c1-8-3-6-12(20-8)14-15(18-2)13(17)10-7-9(16)4-5-11(10)19-14/h3-7H,1-2H3. The number of ether oxygens (including phenoxy) is 1. The van der Waals surface area contributed by atoms with Crippen molar-refractivity contribution in [2.24, 2.45) is 0 Å². The SMILES string of the molecule is COc1c(-c2ccc(C)s2)oc2ccc(Cl)cc2c1=O. The van der Waals surface area contributed by atoms with Gasteiger partial charge in [-0.3, -0.25) is 4.79 Å². The number of hydrogen-bond donors (Lipinski definition) is 0. The van der Waals surface area contributed by atoms with E-state index in [0.29, 0.717) is 21.8 Å². The van der Waals surface area contributed by atoms with Gasteiger partial charge in [-0.15, -0.1) is 11.3 Å². The summed E-state index contributed by atoms with van der Waals surface area (Å²) >= 11 is 7.48. The molecular formula is C15H11ClO3S. The highest BCUT2D eigenvalue weighted by Gasteiger charge is 2.18. The first kappa shape index (κ1) is 13.2. The minimum atomic E-state index is -0.211. The van der Waals surface area contributed by atoms with E-state index in [1.165, 1.54) is 7.11 Å². The highest BCUT2D eigenvalue weighted by molar-refractivity contribution is 7.15. The van der Waals surface area contributed by atoms with Crippen LogP contribution in [0.3, 0.4) is 0 Å². The highest BCUT2D eigenvalue weighted by Crippen LogP contribution is 2.35. The van der Waals surface area contributed by atoms with Gasteiger partial charge in [0.15, 0.2) is 5.76 Å². The Bertz CT molecular complexity index is 848. The summed E-state index contributed by atoms with van der Waals surface area (Å²) in [5.74, 6) is 0.673. The van der Waals surface area contributed by atoms with Gasteiger partial charge in [0.1, 0.15) is 5.58 Å². The van der Waals surface area contributed by atoms with Crippen LogP contribution in [0, 0.1) is 6.92 Å². The zero-order chi connectivity index (χ0) is 14.3. The predicted octanol–water partition coefficient (Wildman–Crippen LogP) is 4.49. The maximum Gasteiger partial charge on any atom is 0.235 e. The third-order valence-corrected chi connectivity index (χ3v) is 4.21. The van der Waals surface area contributed by atoms with Crippen LogP contribution >= 0.6 is 22.9 Å². The fraction of sp³-hybridized carbons (Fsp3) is 0.133. The Balaban J connectivity index is 2.38. The van der Waals surface area contributed by atoms with E-state index >= 15 is 0 Å². The maximum atomic E-state index is 12.5. The third kappa shape index (κ3) is 2.11. The number of aryl methyl sites for hydroxylation is 1. The van der Waals surface area contributed by atoms with Gasteiger partial charge < -0.3 is 9.15 Å². The van der Waals surface area contributed by atoms with Gasteiger partial charge in [0.25, 0.3) is 0 Å². The van der Waals surface area contributed by atoms with Gasteiger partial charge in [-0.25, -0.2) is 0 Å². The molecule has 0 N–H and O–H groups in total. The van der Waals surface area contributed by atoms with Crippen molar-refractivity contribution in [2.45, 2.75) is 6.92 Å². The highest BCUT2D eigenvalue weighted by atomic mass is 35.5. The van der Waals surface area contributed by atoms with Gasteiger partial charge in [-0.05, 0) is 37.3 Å². The molecule has 0 fully saturated rings. The average molecular weight is 307 g/mol. The average Bonchev–Trinajstić information content (AvgIpc) is 2.86. The van der Waals surface area contributed by atoms with E-state index in [2.05, 4.69) is 0 Å². The molecule has 5 heteroatoms. The number of fused-ring (bicyclic) bond motifs is 1. The number of hydrogen-bond acceptors (Lipinski definition) is 4. The summed E-state index contributed by atoms with van der Waals surface area (Å²) in [6.45, 7) is 2.00. The Hall–Kier alpha value is -1.78. The second-order valence-corrected chi connectivity index (χ2v) is 6.07. The zero-order valence-electron chi connectivity index (χ0n) is 10.9. The molecule has 0 unspecified atom stereocenters. The molecule has 0 atom stereocenters. The molecule has 0 bridgehead atoms. The van der Waals surface area contributed by atoms with Gasteiger partial charge in [0.05, 0.1) is 17.4 Å². The van der Waals surface area contributed by atoms with Gasteiger partial charge in [0.2, 0.25) is 11.2 Å². The van der Waals surface area contributed by atoms with E-state index < -0.39 is 0 Å². The molecule has 0 saturated carbocycles. The summed E-state index contributed by atoms with van der Waals surface area (Å²) in [7, 11) is 1.46. The minimum Gasteiger partial charge on any atom is -0.490 e. The fourth-order valence-electron chi connectivity index (χ4n) is 2.05. The molecule has 20 heavy (non-hydrogen) atoms. The summed E-state index contributed by atoms with van der Waals surface area (Å²) in [5.41, 5.74) is 0.290. The molecule has 0 aliphatic carbocycles. The lowest BCUT2D eigenvalue weighted by Crippen LogP contribution is -2.07. The van der Waals surface area contributed by atoms with Crippen molar-refractivity contribution < 1.29 is 9.15 Å². The summed E-state index contributed by atoms with van der Waals surface area (Å²) in [5, 5.41) is 0.915. The minimum absolute atomic E-state index is 0.210. The first-order chi connectivity index (χ1) is 9.60. The van der Waals surface area contributed by atoms with Crippen molar-refractivity contribution in [3.8, 4) is 16.4 Å². The second kappa shape index (κ2) is 4.96. The summed E-state index contributed by atoms with van der Waals surface area (Å²) in [4.78, 5) is 14.5. The largest absolute Gasteiger partial charge is 0.490 e. The first-order valence-electron chi connectivity index (χ1n) is 5.97.